The number of hydrogen-bond acceptors (Lipinski definition) is 4. The van der Waals surface area contributed by atoms with Crippen LogP contribution < -0.4 is 10.6 Å². The third-order valence-corrected chi connectivity index (χ3v) is 6.11. The van der Waals surface area contributed by atoms with Crippen molar-refractivity contribution in [3.63, 3.8) is 0 Å². The molecule has 1 amide bonds. The van der Waals surface area contributed by atoms with Crippen LogP contribution in [0.3, 0.4) is 0 Å². The van der Waals surface area contributed by atoms with Gasteiger partial charge in [-0.05, 0) is 51.1 Å². The van der Waals surface area contributed by atoms with E-state index in [-0.39, 0.29) is 18.0 Å². The maximum atomic E-state index is 12.7. The van der Waals surface area contributed by atoms with Crippen LogP contribution in [0.5, 0.6) is 0 Å². The standard InChI is InChI=1S/C19H28N4O/c1-21(2)12-19(9-3-10-19)14-4-6-15(7-5-14)23-13-22-11-8-16(20)17(22)18(23)24/h4-7,16-17H,3,8-13,20H2,1-2H3/t16-,17+/m1/s1. The van der Waals surface area contributed by atoms with Crippen LogP contribution >= 0.6 is 0 Å². The number of carbonyl (C=O) groups is 1. The van der Waals surface area contributed by atoms with Gasteiger partial charge in [0.15, 0.2) is 0 Å². The Kier molecular flexibility index (Phi) is 3.90. The highest BCUT2D eigenvalue weighted by Gasteiger charge is 2.46. The fourth-order valence-corrected chi connectivity index (χ4v) is 4.74. The number of fused-ring (bicyclic) bond motifs is 1. The van der Waals surface area contributed by atoms with Gasteiger partial charge in [-0.1, -0.05) is 18.6 Å². The van der Waals surface area contributed by atoms with Gasteiger partial charge in [-0.15, -0.1) is 0 Å². The molecule has 0 radical (unpaired) electrons. The highest BCUT2D eigenvalue weighted by molar-refractivity contribution is 6.00. The number of nitrogens with two attached hydrogens (primary N) is 1. The SMILES string of the molecule is CN(C)CC1(c2ccc(N3CN4CC[C@@H](N)[C@H]4C3=O)cc2)CCC1. The fraction of sp³-hybridized carbons (Fsp3) is 0.632. The molecule has 5 nitrogen and oxygen atoms in total. The monoisotopic (exact) mass is 328 g/mol. The summed E-state index contributed by atoms with van der Waals surface area (Å²) >= 11 is 0. The summed E-state index contributed by atoms with van der Waals surface area (Å²) in [5, 5.41) is 0. The number of likely N-dealkylation sites (N-methyl/N-ethyl adjacent to an activating group) is 1. The van der Waals surface area contributed by atoms with Gasteiger partial charge in [0, 0.05) is 30.2 Å². The van der Waals surface area contributed by atoms with Gasteiger partial charge in [-0.3, -0.25) is 14.6 Å². The van der Waals surface area contributed by atoms with Crippen molar-refractivity contribution in [2.75, 3.05) is 38.8 Å². The predicted octanol–water partition coefficient (Wildman–Crippen LogP) is 1.38. The zero-order valence-electron chi connectivity index (χ0n) is 14.7. The van der Waals surface area contributed by atoms with Crippen molar-refractivity contribution in [1.82, 2.24) is 9.80 Å². The highest BCUT2D eigenvalue weighted by Crippen LogP contribution is 2.44. The summed E-state index contributed by atoms with van der Waals surface area (Å²) in [7, 11) is 4.29. The average Bonchev–Trinajstić information content (AvgIpc) is 3.04. The summed E-state index contributed by atoms with van der Waals surface area (Å²) in [5.74, 6) is 0.166. The molecular weight excluding hydrogens is 300 g/mol. The van der Waals surface area contributed by atoms with Crippen LogP contribution in [0, 0.1) is 0 Å². The van der Waals surface area contributed by atoms with Gasteiger partial charge in [-0.25, -0.2) is 0 Å². The minimum absolute atomic E-state index is 0.0138. The van der Waals surface area contributed by atoms with Crippen LogP contribution in [-0.4, -0.2) is 61.6 Å². The van der Waals surface area contributed by atoms with Gasteiger partial charge in [0.05, 0.1) is 6.67 Å². The number of amides is 1. The van der Waals surface area contributed by atoms with Crippen molar-refractivity contribution in [3.8, 4) is 0 Å². The zero-order valence-corrected chi connectivity index (χ0v) is 14.7. The molecule has 0 spiro atoms. The number of benzene rings is 1. The fourth-order valence-electron chi connectivity index (χ4n) is 4.74. The van der Waals surface area contributed by atoms with E-state index in [1.165, 1.54) is 24.8 Å². The Morgan fingerprint density at radius 3 is 2.50 bits per heavy atom. The lowest BCUT2D eigenvalue weighted by Crippen LogP contribution is -2.43. The number of anilines is 1. The smallest absolute Gasteiger partial charge is 0.247 e. The van der Waals surface area contributed by atoms with E-state index >= 15 is 0 Å². The Bertz CT molecular complexity index is 623. The van der Waals surface area contributed by atoms with Gasteiger partial charge >= 0.3 is 0 Å². The lowest BCUT2D eigenvalue weighted by molar-refractivity contribution is -0.119. The Hall–Kier alpha value is -1.43. The molecule has 0 aromatic heterocycles. The molecule has 1 aliphatic carbocycles. The number of rotatable bonds is 4. The van der Waals surface area contributed by atoms with Crippen molar-refractivity contribution in [1.29, 1.82) is 0 Å². The summed E-state index contributed by atoms with van der Waals surface area (Å²) in [5.41, 5.74) is 8.83. The predicted molar refractivity (Wildman–Crippen MR) is 96.0 cm³/mol. The number of hydrogen-bond donors (Lipinski definition) is 1. The molecule has 1 saturated carbocycles. The van der Waals surface area contributed by atoms with Crippen LogP contribution in [0.1, 0.15) is 31.2 Å². The molecule has 1 aromatic carbocycles. The molecule has 2 heterocycles. The molecule has 2 N–H and O–H groups in total. The first-order chi connectivity index (χ1) is 11.5. The van der Waals surface area contributed by atoms with Crippen molar-refractivity contribution < 1.29 is 4.79 Å². The molecular formula is C19H28N4O. The maximum absolute atomic E-state index is 12.7. The molecule has 3 aliphatic rings. The molecule has 24 heavy (non-hydrogen) atoms. The molecule has 130 valence electrons. The third kappa shape index (κ3) is 2.46. The van der Waals surface area contributed by atoms with Crippen LogP contribution in [0.2, 0.25) is 0 Å². The molecule has 0 bridgehead atoms. The van der Waals surface area contributed by atoms with Gasteiger partial charge in [0.25, 0.3) is 0 Å². The van der Waals surface area contributed by atoms with Gasteiger partial charge in [0.1, 0.15) is 6.04 Å². The van der Waals surface area contributed by atoms with E-state index in [2.05, 4.69) is 48.2 Å². The zero-order chi connectivity index (χ0) is 16.9. The Balaban J connectivity index is 1.53. The van der Waals surface area contributed by atoms with E-state index in [1.54, 1.807) is 0 Å². The van der Waals surface area contributed by atoms with E-state index in [4.69, 9.17) is 5.73 Å². The number of nitrogens with zero attached hydrogens (tertiary/aromatic N) is 3. The molecule has 2 saturated heterocycles. The van der Waals surface area contributed by atoms with Crippen molar-refractivity contribution >= 4 is 11.6 Å². The quantitative estimate of drug-likeness (QED) is 0.907. The maximum Gasteiger partial charge on any atom is 0.247 e. The molecule has 2 aliphatic heterocycles. The second-order valence-electron chi connectivity index (χ2n) is 8.04. The summed E-state index contributed by atoms with van der Waals surface area (Å²) < 4.78 is 0. The molecule has 2 atom stereocenters. The van der Waals surface area contributed by atoms with E-state index < -0.39 is 0 Å². The van der Waals surface area contributed by atoms with Gasteiger partial charge in [0.2, 0.25) is 5.91 Å². The molecule has 3 fully saturated rings. The van der Waals surface area contributed by atoms with E-state index in [0.717, 1.165) is 25.2 Å². The average molecular weight is 328 g/mol. The minimum Gasteiger partial charge on any atom is -0.326 e. The first-order valence-electron chi connectivity index (χ1n) is 9.06. The lowest BCUT2D eigenvalue weighted by atomic mass is 9.64. The Morgan fingerprint density at radius 2 is 1.96 bits per heavy atom. The second kappa shape index (κ2) is 5.83. The van der Waals surface area contributed by atoms with Gasteiger partial charge in [-0.2, -0.15) is 0 Å². The molecule has 1 aromatic rings. The Morgan fingerprint density at radius 1 is 1.25 bits per heavy atom. The van der Waals surface area contributed by atoms with Crippen molar-refractivity contribution in [3.05, 3.63) is 29.8 Å². The van der Waals surface area contributed by atoms with Crippen LogP contribution in [0.15, 0.2) is 24.3 Å². The molecule has 5 heteroatoms. The largest absolute Gasteiger partial charge is 0.326 e. The first-order valence-corrected chi connectivity index (χ1v) is 9.06. The van der Waals surface area contributed by atoms with Crippen molar-refractivity contribution in [2.45, 2.75) is 43.2 Å². The normalized spacial score (nSPS) is 29.2. The lowest BCUT2D eigenvalue weighted by Gasteiger charge is -2.44. The second-order valence-corrected chi connectivity index (χ2v) is 8.04. The summed E-state index contributed by atoms with van der Waals surface area (Å²) in [4.78, 5) is 19.1. The van der Waals surface area contributed by atoms with Crippen LogP contribution in [0.25, 0.3) is 0 Å². The van der Waals surface area contributed by atoms with Crippen molar-refractivity contribution in [2.24, 2.45) is 5.73 Å². The van der Waals surface area contributed by atoms with E-state index in [0.29, 0.717) is 12.1 Å². The van der Waals surface area contributed by atoms with E-state index in [1.807, 2.05) is 4.90 Å². The number of carbonyl (C=O) groups excluding carboxylic acids is 1. The molecule has 4 rings (SSSR count). The topological polar surface area (TPSA) is 52.8 Å². The molecule has 0 unspecified atom stereocenters. The van der Waals surface area contributed by atoms with E-state index in [9.17, 15) is 4.79 Å². The highest BCUT2D eigenvalue weighted by atomic mass is 16.2. The third-order valence-electron chi connectivity index (χ3n) is 6.11. The summed E-state index contributed by atoms with van der Waals surface area (Å²) in [6.07, 6.45) is 4.76. The van der Waals surface area contributed by atoms with Crippen LogP contribution in [-0.2, 0) is 10.2 Å². The van der Waals surface area contributed by atoms with Gasteiger partial charge < -0.3 is 10.6 Å². The summed E-state index contributed by atoms with van der Waals surface area (Å²) in [6.45, 7) is 2.71. The van der Waals surface area contributed by atoms with Crippen LogP contribution in [0.4, 0.5) is 5.69 Å². The first kappa shape index (κ1) is 16.1. The minimum atomic E-state index is -0.114. The summed E-state index contributed by atoms with van der Waals surface area (Å²) in [6, 6.07) is 8.58. The Labute approximate surface area is 144 Å².